The fourth-order valence-electron chi connectivity index (χ4n) is 8.47. The molecule has 1 saturated carbocycles. The molecule has 4 N–H and O–H groups in total. The molecule has 1 unspecified atom stereocenters. The van der Waals surface area contributed by atoms with E-state index in [1.807, 2.05) is 53.6 Å². The molecule has 12 nitrogen and oxygen atoms in total. The Labute approximate surface area is 309 Å². The lowest BCUT2D eigenvalue weighted by Crippen LogP contribution is -2.46. The van der Waals surface area contributed by atoms with Crippen LogP contribution in [0.2, 0.25) is 5.02 Å². The summed E-state index contributed by atoms with van der Waals surface area (Å²) in [5, 5.41) is 19.3. The van der Waals surface area contributed by atoms with Crippen LogP contribution in [-0.2, 0) is 44.8 Å². The van der Waals surface area contributed by atoms with Gasteiger partial charge in [-0.3, -0.25) is 19.3 Å². The molecule has 0 radical (unpaired) electrons. The van der Waals surface area contributed by atoms with Crippen LogP contribution in [0.3, 0.4) is 0 Å². The number of hydrogen-bond acceptors (Lipinski definition) is 7. The van der Waals surface area contributed by atoms with Crippen LogP contribution in [0.4, 0.5) is 5.69 Å². The molecule has 0 bridgehead atoms. The number of allylic oxidation sites excluding steroid dienone is 2. The van der Waals surface area contributed by atoms with Crippen molar-refractivity contribution in [2.45, 2.75) is 77.9 Å². The standard InChI is InChI=1S/C39H49ClN8O4/c1-39(2)26(8-6-10-32(39)45-37(50)35-42-28-21-41-18-15-30(28)46(35)3)25-7-5-9-27(33(25)40)44-36(49)34-43-29-22-48(20-17-31(29)47(34)4)19-16-23-11-13-24(14-12-23)38(51)52/h5-10,23-24,32,41H,11-22H2,1-4H3,(H,44,49)(H,45,50)(H,51,52). The van der Waals surface area contributed by atoms with Crippen molar-refractivity contribution < 1.29 is 19.5 Å². The summed E-state index contributed by atoms with van der Waals surface area (Å²) in [6, 6.07) is 5.28. The summed E-state index contributed by atoms with van der Waals surface area (Å²) in [5.74, 6) is -0.102. The first kappa shape index (κ1) is 36.1. The molecule has 0 spiro atoms. The Hall–Kier alpha value is -4.26. The lowest BCUT2D eigenvalue weighted by molar-refractivity contribution is -0.143. The molecule has 0 saturated heterocycles. The van der Waals surface area contributed by atoms with Crippen molar-refractivity contribution in [3.8, 4) is 0 Å². The molecule has 2 amide bonds. The lowest BCUT2D eigenvalue weighted by Gasteiger charge is -2.38. The molecule has 2 aromatic heterocycles. The van der Waals surface area contributed by atoms with Crippen LogP contribution in [0.5, 0.6) is 0 Å². The number of carboxylic acid groups (broad SMARTS) is 1. The minimum Gasteiger partial charge on any atom is -0.481 e. The molecule has 2 aliphatic carbocycles. The van der Waals surface area contributed by atoms with Crippen molar-refractivity contribution >= 4 is 40.6 Å². The van der Waals surface area contributed by atoms with Crippen LogP contribution >= 0.6 is 11.6 Å². The zero-order valence-electron chi connectivity index (χ0n) is 30.5. The molecule has 13 heteroatoms. The van der Waals surface area contributed by atoms with Crippen molar-refractivity contribution in [1.29, 1.82) is 0 Å². The average molecular weight is 729 g/mol. The van der Waals surface area contributed by atoms with E-state index in [1.54, 1.807) is 6.07 Å². The maximum atomic E-state index is 13.7. The molecule has 2 aliphatic heterocycles. The molecule has 52 heavy (non-hydrogen) atoms. The van der Waals surface area contributed by atoms with Crippen LogP contribution in [0.1, 0.15) is 95.5 Å². The minimum atomic E-state index is -0.664. The highest BCUT2D eigenvalue weighted by Gasteiger charge is 2.37. The Morgan fingerprint density at radius 3 is 2.44 bits per heavy atom. The van der Waals surface area contributed by atoms with Gasteiger partial charge >= 0.3 is 5.97 Å². The highest BCUT2D eigenvalue weighted by molar-refractivity contribution is 6.35. The zero-order valence-corrected chi connectivity index (χ0v) is 31.2. The maximum Gasteiger partial charge on any atom is 0.306 e. The normalized spacial score (nSPS) is 22.6. The van der Waals surface area contributed by atoms with E-state index in [9.17, 15) is 19.5 Å². The number of nitrogens with zero attached hydrogens (tertiary/aromatic N) is 5. The molecule has 1 atom stereocenters. The summed E-state index contributed by atoms with van der Waals surface area (Å²) in [4.78, 5) is 50.4. The van der Waals surface area contributed by atoms with E-state index in [1.165, 1.54) is 0 Å². The zero-order chi connectivity index (χ0) is 36.7. The van der Waals surface area contributed by atoms with Gasteiger partial charge in [0.1, 0.15) is 0 Å². The van der Waals surface area contributed by atoms with E-state index < -0.39 is 11.4 Å². The Morgan fingerprint density at radius 1 is 1.00 bits per heavy atom. The maximum absolute atomic E-state index is 13.7. The summed E-state index contributed by atoms with van der Waals surface area (Å²) < 4.78 is 3.80. The molecule has 7 rings (SSSR count). The van der Waals surface area contributed by atoms with Crippen LogP contribution < -0.4 is 16.0 Å². The number of carbonyl (C=O) groups is 3. The van der Waals surface area contributed by atoms with Crippen molar-refractivity contribution in [3.63, 3.8) is 0 Å². The number of aliphatic carboxylic acids is 1. The largest absolute Gasteiger partial charge is 0.481 e. The summed E-state index contributed by atoms with van der Waals surface area (Å²) >= 11 is 7.06. The van der Waals surface area contributed by atoms with E-state index >= 15 is 0 Å². The van der Waals surface area contributed by atoms with Gasteiger partial charge in [-0.05, 0) is 61.8 Å². The average Bonchev–Trinajstić information content (AvgIpc) is 3.65. The molecule has 1 fully saturated rings. The number of nitrogens with one attached hydrogen (secondary N) is 3. The molecule has 3 aromatic rings. The minimum absolute atomic E-state index is 0.189. The number of carbonyl (C=O) groups excluding carboxylic acids is 2. The second-order valence-electron chi connectivity index (χ2n) is 15.3. The SMILES string of the molecule is Cn1c(C(=O)Nc2cccc(C3=CC=CC(NC(=O)c4nc5c(n4C)CCNC5)C3(C)C)c2Cl)nc2c1CCN(CCC1CCC(C(=O)O)CC1)C2. The first-order valence-corrected chi connectivity index (χ1v) is 18.8. The number of hydrogen-bond donors (Lipinski definition) is 4. The third-order valence-electron chi connectivity index (χ3n) is 11.8. The van der Waals surface area contributed by atoms with Gasteiger partial charge in [0.25, 0.3) is 11.8 Å². The van der Waals surface area contributed by atoms with Crippen LogP contribution in [0.15, 0.2) is 36.4 Å². The van der Waals surface area contributed by atoms with Gasteiger partial charge in [-0.2, -0.15) is 0 Å². The van der Waals surface area contributed by atoms with Gasteiger partial charge in [-0.15, -0.1) is 0 Å². The third kappa shape index (κ3) is 6.95. The van der Waals surface area contributed by atoms with Crippen molar-refractivity contribution in [1.82, 2.24) is 34.6 Å². The Kier molecular flexibility index (Phi) is 10.2. The van der Waals surface area contributed by atoms with Gasteiger partial charge in [0.15, 0.2) is 11.6 Å². The molecule has 276 valence electrons. The number of benzene rings is 1. The Bertz CT molecular complexity index is 1950. The first-order valence-electron chi connectivity index (χ1n) is 18.5. The van der Waals surface area contributed by atoms with Gasteiger partial charge < -0.3 is 30.2 Å². The summed E-state index contributed by atoms with van der Waals surface area (Å²) in [5.41, 5.74) is 5.66. The van der Waals surface area contributed by atoms with Crippen molar-refractivity contribution in [2.75, 3.05) is 25.0 Å². The van der Waals surface area contributed by atoms with E-state index in [-0.39, 0.29) is 23.8 Å². The third-order valence-corrected chi connectivity index (χ3v) is 12.2. The lowest BCUT2D eigenvalue weighted by atomic mass is 9.71. The first-order chi connectivity index (χ1) is 24.9. The number of carboxylic acids is 1. The van der Waals surface area contributed by atoms with Gasteiger partial charge in [0.2, 0.25) is 0 Å². The predicted molar refractivity (Wildman–Crippen MR) is 200 cm³/mol. The topological polar surface area (TPSA) is 146 Å². The highest BCUT2D eigenvalue weighted by Crippen LogP contribution is 2.44. The summed E-state index contributed by atoms with van der Waals surface area (Å²) in [6.45, 7) is 8.20. The Morgan fingerprint density at radius 2 is 1.71 bits per heavy atom. The fraction of sp³-hybridized carbons (Fsp3) is 0.513. The van der Waals surface area contributed by atoms with Crippen LogP contribution in [-0.4, -0.2) is 72.6 Å². The fourth-order valence-corrected chi connectivity index (χ4v) is 8.75. The monoisotopic (exact) mass is 728 g/mol. The number of aromatic nitrogens is 4. The van der Waals surface area contributed by atoms with E-state index in [0.717, 1.165) is 98.5 Å². The van der Waals surface area contributed by atoms with E-state index in [2.05, 4.69) is 39.7 Å². The molecular formula is C39H49ClN8O4. The van der Waals surface area contributed by atoms with Gasteiger partial charge in [0.05, 0.1) is 34.1 Å². The molecule has 1 aromatic carbocycles. The molecular weight excluding hydrogens is 680 g/mol. The number of halogens is 1. The number of rotatable bonds is 9. The highest BCUT2D eigenvalue weighted by atomic mass is 35.5. The van der Waals surface area contributed by atoms with E-state index in [0.29, 0.717) is 41.4 Å². The molecule has 4 heterocycles. The number of fused-ring (bicyclic) bond motifs is 2. The number of imidazole rings is 2. The number of amides is 2. The second-order valence-corrected chi connectivity index (χ2v) is 15.7. The van der Waals surface area contributed by atoms with Gasteiger partial charge in [-0.1, -0.05) is 55.8 Å². The smallest absolute Gasteiger partial charge is 0.306 e. The van der Waals surface area contributed by atoms with E-state index in [4.69, 9.17) is 16.6 Å². The summed E-state index contributed by atoms with van der Waals surface area (Å²) in [7, 11) is 3.79. The second kappa shape index (κ2) is 14.6. The van der Waals surface area contributed by atoms with Gasteiger partial charge in [-0.25, -0.2) is 9.97 Å². The van der Waals surface area contributed by atoms with Crippen molar-refractivity contribution in [2.24, 2.45) is 31.3 Å². The van der Waals surface area contributed by atoms with Crippen molar-refractivity contribution in [3.05, 3.63) is 81.4 Å². The van der Waals surface area contributed by atoms with Crippen LogP contribution in [0, 0.1) is 17.3 Å². The number of anilines is 1. The van der Waals surface area contributed by atoms with Gasteiger partial charge in [0, 0.05) is 69.9 Å². The Balaban J connectivity index is 1.01. The molecule has 4 aliphatic rings. The summed E-state index contributed by atoms with van der Waals surface area (Å²) in [6.07, 6.45) is 12.1. The van der Waals surface area contributed by atoms with Crippen LogP contribution in [0.25, 0.3) is 5.57 Å². The quantitative estimate of drug-likeness (QED) is 0.238. The predicted octanol–water partition coefficient (Wildman–Crippen LogP) is 5.12.